The van der Waals surface area contributed by atoms with Crippen molar-refractivity contribution in [2.75, 3.05) is 6.54 Å². The molecule has 6 N–H and O–H groups in total. The highest BCUT2D eigenvalue weighted by molar-refractivity contribution is 6.43. The molecule has 0 saturated heterocycles. The van der Waals surface area contributed by atoms with Gasteiger partial charge in [-0.05, 0) is 44.1 Å². The van der Waals surface area contributed by atoms with E-state index >= 15 is 0 Å². The number of nitro groups is 1. The van der Waals surface area contributed by atoms with E-state index in [9.17, 15) is 29.8 Å². The Hall–Kier alpha value is -2.47. The molecule has 0 aromatic heterocycles. The van der Waals surface area contributed by atoms with Crippen molar-refractivity contribution in [3.8, 4) is 0 Å². The highest BCUT2D eigenvalue weighted by Crippen LogP contribution is 2.17. The van der Waals surface area contributed by atoms with Crippen LogP contribution in [0.5, 0.6) is 0 Å². The number of Topliss-reactive ketones (excluding diaryl/α,β-unsaturated/α-hetero) is 1. The molecule has 0 unspecified atom stereocenters. The van der Waals surface area contributed by atoms with Crippen LogP contribution < -0.4 is 16.5 Å². The number of amides is 1. The van der Waals surface area contributed by atoms with E-state index in [-0.39, 0.29) is 44.5 Å². The lowest BCUT2D eigenvalue weighted by molar-refractivity contribution is -0.525. The molecule has 0 saturated carbocycles. The van der Waals surface area contributed by atoms with Crippen LogP contribution in [0.15, 0.2) is 16.6 Å². The zero-order chi connectivity index (χ0) is 24.0. The van der Waals surface area contributed by atoms with Crippen LogP contribution in [0.3, 0.4) is 0 Å². The Morgan fingerprint density at radius 3 is 2.44 bits per heavy atom. The minimum atomic E-state index is -1.72. The number of aliphatic imine (C=N–C) groups is 1. The summed E-state index contributed by atoms with van der Waals surface area (Å²) in [7, 11) is -1.72. The van der Waals surface area contributed by atoms with E-state index in [1.165, 1.54) is 0 Å². The Bertz CT molecular complexity index is 654. The topological polar surface area (TPSA) is 180 Å². The average molecular weight is 457 g/mol. The molecule has 0 bridgehead atoms. The molecule has 1 amide bonds. The van der Waals surface area contributed by atoms with Gasteiger partial charge >= 0.3 is 7.12 Å². The number of carbonyl (C=O) groups excluding carboxylic acids is 2. The van der Waals surface area contributed by atoms with Gasteiger partial charge in [-0.3, -0.25) is 9.59 Å². The summed E-state index contributed by atoms with van der Waals surface area (Å²) in [6.45, 7) is 7.63. The molecule has 12 heteroatoms. The van der Waals surface area contributed by atoms with Gasteiger partial charge in [0, 0.05) is 18.9 Å². The third-order valence-corrected chi connectivity index (χ3v) is 4.59. The maximum atomic E-state index is 12.8. The number of hydrogen-bond donors (Lipinski definition) is 5. The number of ketones is 1. The molecule has 0 aliphatic heterocycles. The second-order valence-electron chi connectivity index (χ2n) is 7.94. The highest BCUT2D eigenvalue weighted by Gasteiger charge is 2.30. The minimum absolute atomic E-state index is 0. The molecule has 0 aromatic rings. The first kappa shape index (κ1) is 31.7. The van der Waals surface area contributed by atoms with Gasteiger partial charge in [0.2, 0.25) is 5.91 Å². The van der Waals surface area contributed by atoms with E-state index in [1.807, 2.05) is 26.8 Å². The van der Waals surface area contributed by atoms with Crippen molar-refractivity contribution in [1.29, 1.82) is 0 Å². The first-order valence-corrected chi connectivity index (χ1v) is 10.5. The van der Waals surface area contributed by atoms with Gasteiger partial charge in [0.25, 0.3) is 5.96 Å². The third kappa shape index (κ3) is 14.5. The quantitative estimate of drug-likeness (QED) is 0.0465. The normalized spacial score (nSPS) is 13.7. The number of carbonyl (C=O) groups is 2. The molecule has 0 aliphatic carbocycles. The van der Waals surface area contributed by atoms with Gasteiger partial charge in [-0.15, -0.1) is 0 Å². The summed E-state index contributed by atoms with van der Waals surface area (Å²) in [6.07, 6.45) is 4.48. The number of guanidine groups is 1. The molecular weight excluding hydrogens is 417 g/mol. The lowest BCUT2D eigenvalue weighted by atomic mass is 9.74. The SMILES string of the molecule is C.CCC/C=C(\C)C(=O)C[C@@H](CCCN=C(N)N[N+](=O)[O-])C(=O)N[C@@H](CC(C)C)B(O)O. The fourth-order valence-corrected chi connectivity index (χ4v) is 2.92. The van der Waals surface area contributed by atoms with Crippen molar-refractivity contribution >= 4 is 24.8 Å². The summed E-state index contributed by atoms with van der Waals surface area (Å²) in [6, 6.07) is 0. The van der Waals surface area contributed by atoms with Crippen molar-refractivity contribution in [1.82, 2.24) is 10.7 Å². The molecule has 0 fully saturated rings. The monoisotopic (exact) mass is 457 g/mol. The Morgan fingerprint density at radius 2 is 1.94 bits per heavy atom. The van der Waals surface area contributed by atoms with Crippen LogP contribution in [0, 0.1) is 22.0 Å². The number of nitrogens with two attached hydrogens (primary N) is 1. The van der Waals surface area contributed by atoms with Crippen molar-refractivity contribution < 1.29 is 24.7 Å². The van der Waals surface area contributed by atoms with Crippen molar-refractivity contribution in [3.63, 3.8) is 0 Å². The molecule has 184 valence electrons. The molecule has 2 atom stereocenters. The molecule has 0 radical (unpaired) electrons. The molecule has 0 aliphatic rings. The van der Waals surface area contributed by atoms with Crippen LogP contribution in [0.4, 0.5) is 0 Å². The summed E-state index contributed by atoms with van der Waals surface area (Å²) in [4.78, 5) is 39.5. The predicted molar refractivity (Wildman–Crippen MR) is 126 cm³/mol. The van der Waals surface area contributed by atoms with E-state index in [4.69, 9.17) is 5.73 Å². The summed E-state index contributed by atoms with van der Waals surface area (Å²) < 4.78 is 0. The van der Waals surface area contributed by atoms with Gasteiger partial charge in [-0.2, -0.15) is 0 Å². The zero-order valence-corrected chi connectivity index (χ0v) is 18.8. The number of hydrazine groups is 1. The lowest BCUT2D eigenvalue weighted by Crippen LogP contribution is -2.49. The number of rotatable bonds is 15. The molecule has 0 heterocycles. The Balaban J connectivity index is 0. The van der Waals surface area contributed by atoms with Crippen LogP contribution >= 0.6 is 0 Å². The van der Waals surface area contributed by atoms with Gasteiger partial charge in [-0.1, -0.05) is 46.1 Å². The molecule has 11 nitrogen and oxygen atoms in total. The number of unbranched alkanes of at least 4 members (excludes halogenated alkanes) is 1. The van der Waals surface area contributed by atoms with E-state index in [2.05, 4.69) is 10.3 Å². The number of hydrogen-bond acceptors (Lipinski definition) is 7. The Kier molecular flexibility index (Phi) is 17.0. The van der Waals surface area contributed by atoms with Crippen LogP contribution in [-0.2, 0) is 9.59 Å². The van der Waals surface area contributed by atoms with E-state index in [1.54, 1.807) is 12.3 Å². The van der Waals surface area contributed by atoms with Crippen LogP contribution in [0.1, 0.15) is 73.6 Å². The summed E-state index contributed by atoms with van der Waals surface area (Å²) in [5.41, 5.74) is 7.68. The summed E-state index contributed by atoms with van der Waals surface area (Å²) in [5.74, 6) is -2.38. The van der Waals surface area contributed by atoms with Crippen LogP contribution in [0.25, 0.3) is 0 Å². The van der Waals surface area contributed by atoms with Gasteiger partial charge < -0.3 is 21.1 Å². The Morgan fingerprint density at radius 1 is 1.31 bits per heavy atom. The standard InChI is InChI=1S/C19H36BN5O6.CH4/c1-5-6-8-14(4)16(26)12-15(9-7-10-22-19(21)24-25(30)31)18(27)23-17(20(28)29)11-13(2)3;/h8,13,15,17,28-29H,5-7,9-12H2,1-4H3,(H,23,27)(H3,21,22,24);1H4/b14-8+;/t15-,17+;/m1./s1. The molecule has 32 heavy (non-hydrogen) atoms. The first-order chi connectivity index (χ1) is 14.5. The average Bonchev–Trinajstić information content (AvgIpc) is 2.66. The van der Waals surface area contributed by atoms with Crippen LogP contribution in [0.2, 0.25) is 0 Å². The van der Waals surface area contributed by atoms with Gasteiger partial charge in [0.15, 0.2) is 10.8 Å². The van der Waals surface area contributed by atoms with E-state index < -0.39 is 29.9 Å². The highest BCUT2D eigenvalue weighted by atomic mass is 16.7. The van der Waals surface area contributed by atoms with Gasteiger partial charge in [0.05, 0.1) is 5.94 Å². The molecular formula is C20H40BN5O6. The van der Waals surface area contributed by atoms with Crippen LogP contribution in [-0.4, -0.2) is 52.3 Å². The lowest BCUT2D eigenvalue weighted by Gasteiger charge is -2.23. The Labute approximate surface area is 191 Å². The molecule has 0 aromatic carbocycles. The number of nitrogens with zero attached hydrogens (tertiary/aromatic N) is 2. The predicted octanol–water partition coefficient (Wildman–Crippen LogP) is 1.36. The maximum Gasteiger partial charge on any atom is 0.475 e. The summed E-state index contributed by atoms with van der Waals surface area (Å²) >= 11 is 0. The largest absolute Gasteiger partial charge is 0.475 e. The second-order valence-corrected chi connectivity index (χ2v) is 7.94. The smallest absolute Gasteiger partial charge is 0.426 e. The fraction of sp³-hybridized carbons (Fsp3) is 0.750. The molecule has 0 spiro atoms. The molecule has 0 rings (SSSR count). The first-order valence-electron chi connectivity index (χ1n) is 10.5. The van der Waals surface area contributed by atoms with Crippen molar-refractivity contribution in [2.24, 2.45) is 22.6 Å². The fourth-order valence-electron chi connectivity index (χ4n) is 2.92. The number of nitrogens with one attached hydrogen (secondary N) is 2. The summed E-state index contributed by atoms with van der Waals surface area (Å²) in [5, 5.41) is 31.3. The second kappa shape index (κ2) is 17.1. The third-order valence-electron chi connectivity index (χ3n) is 4.59. The minimum Gasteiger partial charge on any atom is -0.426 e. The van der Waals surface area contributed by atoms with Gasteiger partial charge in [0.1, 0.15) is 0 Å². The van der Waals surface area contributed by atoms with E-state index in [0.29, 0.717) is 18.4 Å². The maximum absolute atomic E-state index is 12.8. The van der Waals surface area contributed by atoms with E-state index in [0.717, 1.165) is 12.8 Å². The van der Waals surface area contributed by atoms with Crippen molar-refractivity contribution in [2.45, 2.75) is 79.6 Å². The number of allylic oxidation sites excluding steroid dienone is 2. The van der Waals surface area contributed by atoms with Crippen molar-refractivity contribution in [3.05, 3.63) is 21.8 Å². The zero-order valence-electron chi connectivity index (χ0n) is 18.8. The van der Waals surface area contributed by atoms with Gasteiger partial charge in [-0.25, -0.2) is 15.1 Å².